The minimum Gasteiger partial charge on any atom is -0.492 e. The second-order valence-corrected chi connectivity index (χ2v) is 10.2. The van der Waals surface area contributed by atoms with Gasteiger partial charge in [0.15, 0.2) is 0 Å². The van der Waals surface area contributed by atoms with Gasteiger partial charge in [-0.15, -0.1) is 0 Å². The van der Waals surface area contributed by atoms with Crippen LogP contribution in [0, 0.1) is 23.1 Å². The Morgan fingerprint density at radius 3 is 2.72 bits per heavy atom. The fraction of sp³-hybridized carbons (Fsp3) is 0.357. The number of aliphatic imine (C=N–C) groups is 1. The normalized spacial score (nSPS) is 18.5. The standard InChI is InChI=1S/C28H31ClFN5O4/c1-6-38-24-14-22-19(26(17(15-31)16-32-22)33-18-9-10-21(30)20(29)12-18)13-23(24)34-25(36)8-7-11-35(5)27(37)39-28(2,3)4/h7-10,12-14,16-17,22,33H,6,11H2,1-5H3,(H,34,36). The number of ether oxygens (including phenoxy) is 2. The second-order valence-electron chi connectivity index (χ2n) is 9.75. The van der Waals surface area contributed by atoms with E-state index in [2.05, 4.69) is 21.7 Å². The molecule has 11 heteroatoms. The molecule has 2 unspecified atom stereocenters. The van der Waals surface area contributed by atoms with E-state index in [-0.39, 0.29) is 11.6 Å². The summed E-state index contributed by atoms with van der Waals surface area (Å²) in [5.41, 5.74) is 1.40. The molecule has 0 spiro atoms. The number of hydrogen-bond donors (Lipinski definition) is 2. The molecule has 0 bridgehead atoms. The molecule has 0 fully saturated rings. The molecule has 0 saturated carbocycles. The average molecular weight is 556 g/mol. The Labute approximate surface area is 232 Å². The van der Waals surface area contributed by atoms with Crippen LogP contribution in [0.1, 0.15) is 27.7 Å². The maximum Gasteiger partial charge on any atom is 0.410 e. The molecule has 0 aromatic heterocycles. The summed E-state index contributed by atoms with van der Waals surface area (Å²) in [6, 6.07) is 5.89. The van der Waals surface area contributed by atoms with E-state index in [1.165, 1.54) is 41.5 Å². The van der Waals surface area contributed by atoms with E-state index in [4.69, 9.17) is 21.1 Å². The molecule has 9 nitrogen and oxygen atoms in total. The number of likely N-dealkylation sites (N-methyl/N-ethyl adjacent to an activating group) is 1. The van der Waals surface area contributed by atoms with Gasteiger partial charge in [0, 0.05) is 42.8 Å². The Hall–Kier alpha value is -4.10. The molecule has 1 aliphatic heterocycles. The van der Waals surface area contributed by atoms with E-state index < -0.39 is 35.4 Å². The van der Waals surface area contributed by atoms with Gasteiger partial charge in [0.05, 0.1) is 29.4 Å². The van der Waals surface area contributed by atoms with E-state index in [1.807, 2.05) is 6.92 Å². The summed E-state index contributed by atoms with van der Waals surface area (Å²) < 4.78 is 24.7. The number of halogens is 2. The van der Waals surface area contributed by atoms with Gasteiger partial charge in [0.2, 0.25) is 5.91 Å². The second kappa shape index (κ2) is 12.6. The zero-order valence-electron chi connectivity index (χ0n) is 22.4. The zero-order chi connectivity index (χ0) is 28.7. The highest BCUT2D eigenvalue weighted by Crippen LogP contribution is 2.33. The van der Waals surface area contributed by atoms with Crippen LogP contribution in [0.4, 0.5) is 14.9 Å². The summed E-state index contributed by atoms with van der Waals surface area (Å²) in [6.07, 6.45) is 7.32. The number of nitriles is 1. The van der Waals surface area contributed by atoms with Gasteiger partial charge in [-0.25, -0.2) is 9.18 Å². The van der Waals surface area contributed by atoms with Gasteiger partial charge in [-0.1, -0.05) is 17.7 Å². The van der Waals surface area contributed by atoms with Crippen molar-refractivity contribution in [3.05, 3.63) is 76.1 Å². The fourth-order valence-corrected chi connectivity index (χ4v) is 3.87. The van der Waals surface area contributed by atoms with Crippen molar-refractivity contribution in [3.63, 3.8) is 0 Å². The molecule has 3 rings (SSSR count). The van der Waals surface area contributed by atoms with Gasteiger partial charge < -0.3 is 25.0 Å². The van der Waals surface area contributed by atoms with E-state index in [1.54, 1.807) is 40.0 Å². The van der Waals surface area contributed by atoms with Crippen LogP contribution >= 0.6 is 11.6 Å². The Bertz CT molecular complexity index is 1320. The summed E-state index contributed by atoms with van der Waals surface area (Å²) in [5.74, 6) is -1.29. The number of fused-ring (bicyclic) bond motifs is 1. The quantitative estimate of drug-likeness (QED) is 0.431. The topological polar surface area (TPSA) is 116 Å². The number of anilines is 1. The minimum atomic E-state index is -0.710. The van der Waals surface area contributed by atoms with Crippen LogP contribution in [0.3, 0.4) is 0 Å². The number of carbonyl (C=O) groups excluding carboxylic acids is 2. The van der Waals surface area contributed by atoms with Crippen molar-refractivity contribution >= 4 is 35.5 Å². The summed E-state index contributed by atoms with van der Waals surface area (Å²) >= 11 is 5.94. The number of hydrogen-bond acceptors (Lipinski definition) is 7. The number of dihydropyridines is 1. The predicted molar refractivity (Wildman–Crippen MR) is 147 cm³/mol. The predicted octanol–water partition coefficient (Wildman–Crippen LogP) is 5.10. The van der Waals surface area contributed by atoms with Crippen molar-refractivity contribution in [2.45, 2.75) is 39.3 Å². The van der Waals surface area contributed by atoms with E-state index in [9.17, 15) is 19.2 Å². The van der Waals surface area contributed by atoms with Crippen molar-refractivity contribution in [2.75, 3.05) is 25.5 Å². The van der Waals surface area contributed by atoms with E-state index in [0.717, 1.165) is 0 Å². The van der Waals surface area contributed by atoms with Crippen molar-refractivity contribution in [3.8, 4) is 6.07 Å². The van der Waals surface area contributed by atoms with Gasteiger partial charge in [0.1, 0.15) is 23.1 Å². The molecule has 0 radical (unpaired) electrons. The molecule has 206 valence electrons. The SMILES string of the molecule is CCOC1=CC2N=CC(C#N)C(Nc3ccc(F)c(Cl)c3)=C2C=C1NC(=O)C=CCN(C)C(=O)OC(C)(C)C. The summed E-state index contributed by atoms with van der Waals surface area (Å²) in [5, 5.41) is 15.7. The maximum absolute atomic E-state index is 13.7. The molecule has 1 heterocycles. The number of rotatable bonds is 8. The Morgan fingerprint density at radius 2 is 2.08 bits per heavy atom. The largest absolute Gasteiger partial charge is 0.492 e. The molecule has 2 N–H and O–H groups in total. The lowest BCUT2D eigenvalue weighted by atomic mass is 9.90. The lowest BCUT2D eigenvalue weighted by molar-refractivity contribution is -0.115. The fourth-order valence-electron chi connectivity index (χ4n) is 3.69. The average Bonchev–Trinajstić information content (AvgIpc) is 2.86. The first kappa shape index (κ1) is 29.5. The number of benzene rings is 1. The Balaban J connectivity index is 1.84. The third-order valence-electron chi connectivity index (χ3n) is 5.46. The van der Waals surface area contributed by atoms with E-state index >= 15 is 0 Å². The van der Waals surface area contributed by atoms with Gasteiger partial charge in [-0.05, 0) is 58.0 Å². The molecule has 0 saturated heterocycles. The lowest BCUT2D eigenvalue weighted by Crippen LogP contribution is -2.34. The first-order chi connectivity index (χ1) is 18.4. The molecule has 1 aromatic rings. The highest BCUT2D eigenvalue weighted by Gasteiger charge is 2.30. The lowest BCUT2D eigenvalue weighted by Gasteiger charge is -2.29. The summed E-state index contributed by atoms with van der Waals surface area (Å²) in [6.45, 7) is 7.65. The van der Waals surface area contributed by atoms with Crippen LogP contribution in [-0.4, -0.2) is 55.0 Å². The molecule has 2 aliphatic rings. The van der Waals surface area contributed by atoms with Crippen molar-refractivity contribution in [1.29, 1.82) is 5.26 Å². The number of allylic oxidation sites excluding steroid dienone is 1. The van der Waals surface area contributed by atoms with Crippen LogP contribution in [0.25, 0.3) is 0 Å². The highest BCUT2D eigenvalue weighted by atomic mass is 35.5. The Morgan fingerprint density at radius 1 is 1.33 bits per heavy atom. The Kier molecular flexibility index (Phi) is 9.54. The van der Waals surface area contributed by atoms with Gasteiger partial charge >= 0.3 is 6.09 Å². The molecular weight excluding hydrogens is 525 g/mol. The van der Waals surface area contributed by atoms with Crippen LogP contribution in [0.5, 0.6) is 0 Å². The van der Waals surface area contributed by atoms with Gasteiger partial charge in [-0.2, -0.15) is 5.26 Å². The van der Waals surface area contributed by atoms with Crippen LogP contribution in [-0.2, 0) is 14.3 Å². The summed E-state index contributed by atoms with van der Waals surface area (Å²) in [4.78, 5) is 30.7. The molecular formula is C28H31ClFN5O4. The smallest absolute Gasteiger partial charge is 0.410 e. The number of carbonyl (C=O) groups is 2. The van der Waals surface area contributed by atoms with Crippen molar-refractivity contribution in [2.24, 2.45) is 10.9 Å². The van der Waals surface area contributed by atoms with Crippen molar-refractivity contribution < 1.29 is 23.5 Å². The first-order valence-electron chi connectivity index (χ1n) is 12.3. The zero-order valence-corrected chi connectivity index (χ0v) is 23.2. The van der Waals surface area contributed by atoms with Crippen molar-refractivity contribution in [1.82, 2.24) is 10.2 Å². The maximum atomic E-state index is 13.7. The molecule has 2 amide bonds. The third kappa shape index (κ3) is 7.94. The monoisotopic (exact) mass is 555 g/mol. The summed E-state index contributed by atoms with van der Waals surface area (Å²) in [7, 11) is 1.57. The molecule has 1 aromatic carbocycles. The highest BCUT2D eigenvalue weighted by molar-refractivity contribution is 6.31. The van der Waals surface area contributed by atoms with Gasteiger partial charge in [-0.3, -0.25) is 9.79 Å². The molecule has 39 heavy (non-hydrogen) atoms. The first-order valence-corrected chi connectivity index (χ1v) is 12.7. The molecule has 2 atom stereocenters. The number of amides is 2. The van der Waals surface area contributed by atoms with Gasteiger partial charge in [0.25, 0.3) is 0 Å². The molecule has 1 aliphatic carbocycles. The third-order valence-corrected chi connectivity index (χ3v) is 5.75. The van der Waals surface area contributed by atoms with E-state index in [0.29, 0.717) is 35.0 Å². The number of nitrogens with zero attached hydrogens (tertiary/aromatic N) is 3. The number of nitrogens with one attached hydrogen (secondary N) is 2. The van der Waals surface area contributed by atoms with Crippen LogP contribution in [0.2, 0.25) is 5.02 Å². The minimum absolute atomic E-state index is 0.0603. The van der Waals surface area contributed by atoms with Crippen LogP contribution < -0.4 is 10.6 Å². The van der Waals surface area contributed by atoms with Crippen LogP contribution in [0.15, 0.2) is 70.2 Å².